The minimum atomic E-state index is -4.41. The van der Waals surface area contributed by atoms with Gasteiger partial charge in [0.15, 0.2) is 0 Å². The van der Waals surface area contributed by atoms with Crippen LogP contribution in [0.4, 0.5) is 13.2 Å². The Morgan fingerprint density at radius 2 is 2.14 bits per heavy atom. The number of rotatable bonds is 7. The number of aliphatic hydroxyl groups is 1. The summed E-state index contributed by atoms with van der Waals surface area (Å²) in [4.78, 5) is 0. The first kappa shape index (κ1) is 17.2. The summed E-state index contributed by atoms with van der Waals surface area (Å²) in [6.45, 7) is -1.56. The van der Waals surface area contributed by atoms with Gasteiger partial charge in [-0.3, -0.25) is 4.68 Å². The fourth-order valence-electron chi connectivity index (χ4n) is 2.34. The first-order chi connectivity index (χ1) is 10.2. The number of nitrogens with one attached hydrogen (secondary N) is 1. The average Bonchev–Trinajstić information content (AvgIpc) is 2.69. The lowest BCUT2D eigenvalue weighted by atomic mass is 9.80. The molecule has 0 amide bonds. The maximum atomic E-state index is 12.2. The zero-order chi connectivity index (χ0) is 16.4. The molecule has 1 atom stereocenters. The summed E-state index contributed by atoms with van der Waals surface area (Å²) in [7, 11) is -3.76. The quantitative estimate of drug-likeness (QED) is 0.776. The van der Waals surface area contributed by atoms with Gasteiger partial charge in [-0.05, 0) is 24.8 Å². The molecule has 1 aromatic heterocycles. The molecule has 1 fully saturated rings. The fraction of sp³-hybridized carbons (Fsp3) is 0.750. The van der Waals surface area contributed by atoms with Crippen LogP contribution in [0.2, 0.25) is 0 Å². The van der Waals surface area contributed by atoms with E-state index in [0.717, 1.165) is 25.5 Å². The maximum absolute atomic E-state index is 12.2. The summed E-state index contributed by atoms with van der Waals surface area (Å²) in [5.74, 6) is -0.399. The van der Waals surface area contributed by atoms with Crippen molar-refractivity contribution >= 4 is 10.0 Å². The number of aliphatic hydroxyl groups excluding tert-OH is 1. The summed E-state index contributed by atoms with van der Waals surface area (Å²) in [6.07, 6.45) is -0.604. The molecule has 1 aliphatic rings. The molecule has 0 radical (unpaired) electrons. The standard InChI is InChI=1S/C12H18F3N3O3S/c13-12(14,15)8-18-5-4-10(16-18)7-22(20,21)17-11(6-19)9-2-1-3-9/h4-5,9,11,17,19H,1-3,6-8H2. The molecule has 10 heteroatoms. The van der Waals surface area contributed by atoms with Crippen LogP contribution < -0.4 is 4.72 Å². The molecule has 2 rings (SSSR count). The highest BCUT2D eigenvalue weighted by molar-refractivity contribution is 7.88. The van der Waals surface area contributed by atoms with E-state index >= 15 is 0 Å². The zero-order valence-corrected chi connectivity index (χ0v) is 12.6. The molecule has 2 N–H and O–H groups in total. The Bertz CT molecular complexity index is 596. The van der Waals surface area contributed by atoms with Crippen molar-refractivity contribution in [2.75, 3.05) is 6.61 Å². The van der Waals surface area contributed by atoms with E-state index in [1.54, 1.807) is 0 Å². The molecule has 1 saturated carbocycles. The van der Waals surface area contributed by atoms with Crippen molar-refractivity contribution in [2.24, 2.45) is 5.92 Å². The van der Waals surface area contributed by atoms with Crippen molar-refractivity contribution in [1.82, 2.24) is 14.5 Å². The predicted molar refractivity (Wildman–Crippen MR) is 72.3 cm³/mol. The van der Waals surface area contributed by atoms with E-state index < -0.39 is 34.5 Å². The molecule has 1 aromatic rings. The van der Waals surface area contributed by atoms with Crippen LogP contribution in [-0.2, 0) is 22.3 Å². The first-order valence-electron chi connectivity index (χ1n) is 6.88. The second kappa shape index (κ2) is 6.55. The van der Waals surface area contributed by atoms with Crippen molar-refractivity contribution in [1.29, 1.82) is 0 Å². The molecule has 0 aromatic carbocycles. The molecule has 22 heavy (non-hydrogen) atoms. The van der Waals surface area contributed by atoms with E-state index in [1.165, 1.54) is 6.07 Å². The van der Waals surface area contributed by atoms with Gasteiger partial charge in [-0.25, -0.2) is 13.1 Å². The van der Waals surface area contributed by atoms with E-state index in [9.17, 15) is 26.7 Å². The first-order valence-corrected chi connectivity index (χ1v) is 8.54. The number of halogens is 3. The van der Waals surface area contributed by atoms with Crippen molar-refractivity contribution < 1.29 is 26.7 Å². The Labute approximate surface area is 126 Å². The number of hydrogen-bond donors (Lipinski definition) is 2. The minimum absolute atomic E-state index is 0.0297. The molecule has 6 nitrogen and oxygen atoms in total. The third-order valence-corrected chi connectivity index (χ3v) is 4.96. The lowest BCUT2D eigenvalue weighted by Gasteiger charge is -2.32. The van der Waals surface area contributed by atoms with Crippen molar-refractivity contribution in [3.8, 4) is 0 Å². The van der Waals surface area contributed by atoms with E-state index in [0.29, 0.717) is 4.68 Å². The van der Waals surface area contributed by atoms with Crippen LogP contribution in [-0.4, -0.2) is 42.1 Å². The second-order valence-corrected chi connectivity index (χ2v) is 7.23. The normalized spacial score (nSPS) is 18.2. The van der Waals surface area contributed by atoms with Crippen LogP contribution in [0, 0.1) is 5.92 Å². The highest BCUT2D eigenvalue weighted by Gasteiger charge is 2.31. The lowest BCUT2D eigenvalue weighted by molar-refractivity contribution is -0.142. The van der Waals surface area contributed by atoms with Crippen molar-refractivity contribution in [3.63, 3.8) is 0 Å². The van der Waals surface area contributed by atoms with E-state index in [1.807, 2.05) is 0 Å². The molecule has 0 bridgehead atoms. The summed E-state index contributed by atoms with van der Waals surface area (Å²) in [5, 5.41) is 12.9. The molecular formula is C12H18F3N3O3S. The monoisotopic (exact) mass is 341 g/mol. The smallest absolute Gasteiger partial charge is 0.395 e. The summed E-state index contributed by atoms with van der Waals surface area (Å²) in [6, 6.07) is 0.693. The van der Waals surface area contributed by atoms with Gasteiger partial charge in [0.1, 0.15) is 12.3 Å². The van der Waals surface area contributed by atoms with Gasteiger partial charge in [0.05, 0.1) is 12.3 Å². The fourth-order valence-corrected chi connectivity index (χ4v) is 3.70. The molecule has 1 aliphatic carbocycles. The van der Waals surface area contributed by atoms with Crippen molar-refractivity contribution in [2.45, 2.75) is 43.8 Å². The SMILES string of the molecule is O=S(=O)(Cc1ccn(CC(F)(F)F)n1)NC(CO)C1CCC1. The minimum Gasteiger partial charge on any atom is -0.395 e. The Kier molecular flexibility index (Phi) is 5.13. The summed E-state index contributed by atoms with van der Waals surface area (Å²) in [5.41, 5.74) is 0.0297. The van der Waals surface area contributed by atoms with E-state index in [4.69, 9.17) is 0 Å². The Morgan fingerprint density at radius 1 is 1.45 bits per heavy atom. The Morgan fingerprint density at radius 3 is 2.64 bits per heavy atom. The number of aromatic nitrogens is 2. The number of nitrogens with zero attached hydrogens (tertiary/aromatic N) is 2. The third-order valence-electron chi connectivity index (χ3n) is 3.62. The Balaban J connectivity index is 1.96. The number of alkyl halides is 3. The largest absolute Gasteiger partial charge is 0.408 e. The van der Waals surface area contributed by atoms with E-state index in [-0.39, 0.29) is 18.2 Å². The maximum Gasteiger partial charge on any atom is 0.408 e. The van der Waals surface area contributed by atoms with Gasteiger partial charge in [-0.15, -0.1) is 0 Å². The number of hydrogen-bond acceptors (Lipinski definition) is 4. The van der Waals surface area contributed by atoms with Gasteiger partial charge in [-0.1, -0.05) is 6.42 Å². The Hall–Kier alpha value is -1.13. The molecular weight excluding hydrogens is 323 g/mol. The van der Waals surface area contributed by atoms with Crippen molar-refractivity contribution in [3.05, 3.63) is 18.0 Å². The highest BCUT2D eigenvalue weighted by atomic mass is 32.2. The second-order valence-electron chi connectivity index (χ2n) is 5.48. The van der Waals surface area contributed by atoms with Crippen LogP contribution >= 0.6 is 0 Å². The van der Waals surface area contributed by atoms with Crippen LogP contribution in [0.3, 0.4) is 0 Å². The molecule has 1 heterocycles. The van der Waals surface area contributed by atoms with Gasteiger partial charge in [0.2, 0.25) is 10.0 Å². The lowest BCUT2D eigenvalue weighted by Crippen LogP contribution is -2.45. The third kappa shape index (κ3) is 4.96. The summed E-state index contributed by atoms with van der Waals surface area (Å²) >= 11 is 0. The van der Waals surface area contributed by atoms with Gasteiger partial charge in [-0.2, -0.15) is 18.3 Å². The van der Waals surface area contributed by atoms with Gasteiger partial charge >= 0.3 is 6.18 Å². The highest BCUT2D eigenvalue weighted by Crippen LogP contribution is 2.29. The van der Waals surface area contributed by atoms with Crippen LogP contribution in [0.15, 0.2) is 12.3 Å². The zero-order valence-electron chi connectivity index (χ0n) is 11.8. The van der Waals surface area contributed by atoms with Crippen LogP contribution in [0.1, 0.15) is 25.0 Å². The van der Waals surface area contributed by atoms with Crippen LogP contribution in [0.25, 0.3) is 0 Å². The summed E-state index contributed by atoms with van der Waals surface area (Å²) < 4.78 is 63.7. The topological polar surface area (TPSA) is 84.2 Å². The van der Waals surface area contributed by atoms with Crippen LogP contribution in [0.5, 0.6) is 0 Å². The average molecular weight is 341 g/mol. The van der Waals surface area contributed by atoms with Gasteiger partial charge in [0.25, 0.3) is 0 Å². The molecule has 1 unspecified atom stereocenters. The molecule has 126 valence electrons. The number of sulfonamides is 1. The molecule has 0 aliphatic heterocycles. The van der Waals surface area contributed by atoms with E-state index in [2.05, 4.69) is 9.82 Å². The predicted octanol–water partition coefficient (Wildman–Crippen LogP) is 1.03. The molecule has 0 spiro atoms. The van der Waals surface area contributed by atoms with Gasteiger partial charge in [0, 0.05) is 12.2 Å². The molecule has 0 saturated heterocycles. The van der Waals surface area contributed by atoms with Gasteiger partial charge < -0.3 is 5.11 Å².